The van der Waals surface area contributed by atoms with E-state index in [1.807, 2.05) is 42.5 Å². The van der Waals surface area contributed by atoms with Crippen LogP contribution in [0.4, 0.5) is 34.1 Å². The molecule has 0 atom stereocenters. The molecule has 0 radical (unpaired) electrons. The largest absolute Gasteiger partial charge is 0.488 e. The smallest absolute Gasteiger partial charge is 0.423 e. The van der Waals surface area contributed by atoms with Gasteiger partial charge in [0.25, 0.3) is 0 Å². The van der Waals surface area contributed by atoms with E-state index < -0.39 is 12.5 Å². The van der Waals surface area contributed by atoms with Gasteiger partial charge in [0.05, 0.1) is 32.9 Å². The Hall–Kier alpha value is -15.9. The van der Waals surface area contributed by atoms with Crippen LogP contribution in [0.5, 0.6) is 0 Å². The lowest BCUT2D eigenvalue weighted by Gasteiger charge is -2.32. The van der Waals surface area contributed by atoms with Gasteiger partial charge in [0, 0.05) is 71.5 Å². The Bertz CT molecular complexity index is 8010. The van der Waals surface area contributed by atoms with Gasteiger partial charge in [-0.3, -0.25) is 0 Å². The number of fused-ring (bicyclic) bond motifs is 26. The van der Waals surface area contributed by atoms with Crippen LogP contribution in [0.2, 0.25) is 0 Å². The maximum atomic E-state index is 9.43. The zero-order chi connectivity index (χ0) is 86.5. The van der Waals surface area contributed by atoms with Crippen LogP contribution in [0.25, 0.3) is 133 Å². The summed E-state index contributed by atoms with van der Waals surface area (Å²) in [5.41, 5.74) is 41.7. The molecule has 2 N–H and O–H groups in total. The molecule has 0 saturated heterocycles. The molecule has 8 heteroatoms. The number of anilines is 6. The van der Waals surface area contributed by atoms with Crippen molar-refractivity contribution in [2.45, 2.75) is 10.8 Å². The Balaban J connectivity index is 0.000000121. The summed E-state index contributed by atoms with van der Waals surface area (Å²) in [4.78, 5) is 4.81. The molecule has 4 aliphatic carbocycles. The lowest BCUT2D eigenvalue weighted by atomic mass is 9.70. The Morgan fingerprint density at radius 2 is 0.462 bits per heavy atom. The third-order valence-corrected chi connectivity index (χ3v) is 27.7. The number of hydrogen-bond donors (Lipinski definition) is 2. The topological polar surface area (TPSA) is 56.8 Å². The normalized spacial score (nSPS) is 12.7. The Morgan fingerprint density at radius 1 is 0.200 bits per heavy atom. The van der Waals surface area contributed by atoms with Gasteiger partial charge in [-0.2, -0.15) is 0 Å². The fourth-order valence-electron chi connectivity index (χ4n) is 21.6. The van der Waals surface area contributed by atoms with Gasteiger partial charge in [-0.05, 0) is 267 Å². The number of para-hydroxylation sites is 4. The molecule has 0 fully saturated rings. The number of rotatable bonds is 12. The second-order valence-electron chi connectivity index (χ2n) is 34.0. The van der Waals surface area contributed by atoms with Gasteiger partial charge in [0.2, 0.25) is 0 Å². The zero-order valence-electron chi connectivity index (χ0n) is 70.8. The molecule has 130 heavy (non-hydrogen) atoms. The first-order valence-corrected chi connectivity index (χ1v) is 45.2. The lowest BCUT2D eigenvalue weighted by Crippen LogP contribution is -2.29. The average Bonchev–Trinajstić information content (AvgIpc) is 1.51. The van der Waals surface area contributed by atoms with E-state index in [0.29, 0.717) is 5.46 Å². The van der Waals surface area contributed by atoms with Crippen molar-refractivity contribution in [1.29, 1.82) is 0 Å². The molecule has 0 aliphatic heterocycles. The van der Waals surface area contributed by atoms with Crippen molar-refractivity contribution < 1.29 is 10.0 Å². The summed E-state index contributed by atoms with van der Waals surface area (Å²) in [6, 6.07) is 175. The standard InChI is InChI=1S/C61H40N2.C43H28BrN.C18H14BNO2/c1-3-15-41(16-4-1)42-27-32-46(33-28-42)62(47-34-29-43(30-35-47)44-31-38-60-54(39-44)53-22-10-14-26-59(53)63(60)45-17-5-2-6-18-45)48-36-37-52-51-21-9-13-25-57(51)61(58(52)40-48)55-23-11-7-19-49(55)50-20-8-12-24-56(50)61;44-31-20-24-33(25-21-31)45(32-22-18-30(19-23-32)29-10-2-1-3-11-29)34-26-27-38-37-14-6-9-17-41(37)43(42(38)28-34)39-15-7-4-12-35(39)36-13-5-8-16-40(36)43;21-19(22)13-10-11-18-16(12-13)15-8-4-5-9-17(15)20(18)14-6-2-1-3-7-14/h1-40H;1-28H;1-12,21-22H. The predicted octanol–water partition coefficient (Wildman–Crippen LogP) is 30.3. The number of hydrogen-bond acceptors (Lipinski definition) is 4. The highest BCUT2D eigenvalue weighted by Crippen LogP contribution is 2.66. The Kier molecular flexibility index (Phi) is 19.0. The molecule has 2 spiro atoms. The van der Waals surface area contributed by atoms with Crippen LogP contribution in [0, 0.1) is 0 Å². The zero-order valence-corrected chi connectivity index (χ0v) is 72.4. The van der Waals surface area contributed by atoms with Crippen molar-refractivity contribution >= 4 is 106 Å². The third kappa shape index (κ3) is 12.5. The number of benzene rings is 20. The summed E-state index contributed by atoms with van der Waals surface area (Å²) >= 11 is 3.65. The summed E-state index contributed by atoms with van der Waals surface area (Å²) in [6.45, 7) is 0. The quantitative estimate of drug-likeness (QED) is 0.120. The average molecular weight is 1730 g/mol. The van der Waals surface area contributed by atoms with E-state index in [0.717, 1.165) is 66.1 Å². The lowest BCUT2D eigenvalue weighted by molar-refractivity contribution is 0.426. The Labute approximate surface area is 764 Å². The molecule has 26 rings (SSSR count). The van der Waals surface area contributed by atoms with Crippen LogP contribution >= 0.6 is 15.9 Å². The van der Waals surface area contributed by atoms with Crippen molar-refractivity contribution in [3.05, 3.63) is 534 Å². The third-order valence-electron chi connectivity index (χ3n) is 27.2. The molecular formula is C122H82BBrN4O2. The molecule has 0 unspecified atom stereocenters. The van der Waals surface area contributed by atoms with Crippen LogP contribution in [-0.4, -0.2) is 26.3 Å². The Morgan fingerprint density at radius 3 is 0.823 bits per heavy atom. The molecular weight excluding hydrogens is 1640 g/mol. The van der Waals surface area contributed by atoms with Crippen LogP contribution in [-0.2, 0) is 10.8 Å². The fraction of sp³-hybridized carbons (Fsp3) is 0.0164. The van der Waals surface area contributed by atoms with Gasteiger partial charge in [0.15, 0.2) is 0 Å². The predicted molar refractivity (Wildman–Crippen MR) is 544 cm³/mol. The van der Waals surface area contributed by atoms with E-state index >= 15 is 0 Å². The van der Waals surface area contributed by atoms with Crippen molar-refractivity contribution in [3.8, 4) is 89.3 Å². The van der Waals surface area contributed by atoms with Crippen molar-refractivity contribution in [1.82, 2.24) is 9.13 Å². The van der Waals surface area contributed by atoms with E-state index in [1.165, 1.54) is 150 Å². The van der Waals surface area contributed by atoms with E-state index in [9.17, 15) is 10.0 Å². The van der Waals surface area contributed by atoms with E-state index in [4.69, 9.17) is 0 Å². The minimum Gasteiger partial charge on any atom is -0.423 e. The maximum Gasteiger partial charge on any atom is 0.488 e. The van der Waals surface area contributed by atoms with Crippen LogP contribution in [0.3, 0.4) is 0 Å². The van der Waals surface area contributed by atoms with Gasteiger partial charge < -0.3 is 29.0 Å². The van der Waals surface area contributed by atoms with Crippen LogP contribution < -0.4 is 15.3 Å². The van der Waals surface area contributed by atoms with Gasteiger partial charge >= 0.3 is 7.12 Å². The SMILES string of the molecule is Brc1ccc(N(c2ccc(-c3ccccc3)cc2)c2ccc3c(c2)C2(c4ccccc4-c4ccccc42)c2ccccc2-3)cc1.OB(O)c1ccc2c(c1)c1ccccc1n2-c1ccccc1.c1ccc(-c2ccc(N(c3ccc(-c4ccc5c(c4)c4ccccc4n5-c4ccccc4)cc3)c3ccc4c(c3)C3(c5ccccc5-c5ccccc53)c3ccccc3-4)cc2)cc1. The summed E-state index contributed by atoms with van der Waals surface area (Å²) in [5, 5.41) is 23.5. The number of halogens is 1. The highest BCUT2D eigenvalue weighted by atomic mass is 79.9. The monoisotopic (exact) mass is 1720 g/mol. The molecule has 20 aromatic carbocycles. The second kappa shape index (κ2) is 31.9. The van der Waals surface area contributed by atoms with Crippen molar-refractivity contribution in [3.63, 3.8) is 0 Å². The van der Waals surface area contributed by atoms with Crippen molar-refractivity contribution in [2.75, 3.05) is 9.80 Å². The molecule has 4 aliphatic rings. The van der Waals surface area contributed by atoms with Gasteiger partial charge in [0.1, 0.15) is 0 Å². The highest BCUT2D eigenvalue weighted by molar-refractivity contribution is 9.10. The maximum absolute atomic E-state index is 9.43. The van der Waals surface area contributed by atoms with E-state index in [-0.39, 0.29) is 5.41 Å². The van der Waals surface area contributed by atoms with Gasteiger partial charge in [-0.1, -0.05) is 362 Å². The molecule has 2 aromatic heterocycles. The van der Waals surface area contributed by atoms with Crippen LogP contribution in [0.1, 0.15) is 44.5 Å². The molecule has 6 nitrogen and oxygen atoms in total. The highest BCUT2D eigenvalue weighted by Gasteiger charge is 2.53. The molecule has 2 heterocycles. The summed E-state index contributed by atoms with van der Waals surface area (Å²) < 4.78 is 5.63. The van der Waals surface area contributed by atoms with Crippen molar-refractivity contribution in [2.24, 2.45) is 0 Å². The molecule has 0 amide bonds. The minimum atomic E-state index is -1.46. The number of nitrogens with zero attached hydrogens (tertiary/aromatic N) is 4. The molecule has 0 saturated carbocycles. The van der Waals surface area contributed by atoms with Gasteiger partial charge in [-0.25, -0.2) is 0 Å². The van der Waals surface area contributed by atoms with E-state index in [1.54, 1.807) is 6.07 Å². The first-order chi connectivity index (χ1) is 64.2. The van der Waals surface area contributed by atoms with E-state index in [2.05, 4.69) is 472 Å². The summed E-state index contributed by atoms with van der Waals surface area (Å²) in [7, 11) is -1.46. The first-order valence-electron chi connectivity index (χ1n) is 44.4. The number of aromatic nitrogens is 2. The molecule has 22 aromatic rings. The molecule has 612 valence electrons. The molecule has 0 bridgehead atoms. The first kappa shape index (κ1) is 77.6. The summed E-state index contributed by atoms with van der Waals surface area (Å²) in [5.74, 6) is 0. The van der Waals surface area contributed by atoms with Gasteiger partial charge in [-0.15, -0.1) is 0 Å². The minimum absolute atomic E-state index is 0.377. The fourth-order valence-corrected chi connectivity index (χ4v) is 21.9. The second-order valence-corrected chi connectivity index (χ2v) is 34.9. The summed E-state index contributed by atoms with van der Waals surface area (Å²) in [6.07, 6.45) is 0. The van der Waals surface area contributed by atoms with Crippen LogP contribution in [0.15, 0.2) is 490 Å².